The molecule has 0 spiro atoms. The Kier molecular flexibility index (Phi) is 3.19. The first-order valence-corrected chi connectivity index (χ1v) is 5.51. The number of aryl methyl sites for hydroxylation is 1. The number of amides is 1. The van der Waals surface area contributed by atoms with E-state index in [1.165, 1.54) is 0 Å². The van der Waals surface area contributed by atoms with Crippen molar-refractivity contribution in [3.63, 3.8) is 0 Å². The van der Waals surface area contributed by atoms with Gasteiger partial charge in [-0.05, 0) is 25.3 Å². The molecule has 1 amide bonds. The van der Waals surface area contributed by atoms with Crippen molar-refractivity contribution >= 4 is 11.9 Å². The molecule has 1 aliphatic rings. The van der Waals surface area contributed by atoms with Gasteiger partial charge in [0.05, 0.1) is 6.04 Å². The Morgan fingerprint density at radius 1 is 1.56 bits per heavy atom. The molecule has 2 unspecified atom stereocenters. The van der Waals surface area contributed by atoms with Crippen molar-refractivity contribution < 1.29 is 9.21 Å². The summed E-state index contributed by atoms with van der Waals surface area (Å²) in [6.45, 7) is 4.63. The van der Waals surface area contributed by atoms with Crippen molar-refractivity contribution in [3.8, 4) is 0 Å². The molecule has 1 saturated heterocycles. The van der Waals surface area contributed by atoms with E-state index in [0.717, 1.165) is 19.4 Å². The molecule has 2 atom stereocenters. The van der Waals surface area contributed by atoms with Gasteiger partial charge < -0.3 is 9.73 Å². The van der Waals surface area contributed by atoms with Crippen LogP contribution in [0.5, 0.6) is 0 Å². The van der Waals surface area contributed by atoms with E-state index in [4.69, 9.17) is 4.42 Å². The van der Waals surface area contributed by atoms with E-state index in [1.54, 1.807) is 6.92 Å². The van der Waals surface area contributed by atoms with E-state index in [0.29, 0.717) is 11.8 Å². The Hall–Kier alpha value is -1.43. The van der Waals surface area contributed by atoms with Crippen LogP contribution in [-0.4, -0.2) is 28.7 Å². The minimum absolute atomic E-state index is 0.101. The molecule has 0 radical (unpaired) electrons. The van der Waals surface area contributed by atoms with Gasteiger partial charge in [0.15, 0.2) is 0 Å². The zero-order valence-corrected chi connectivity index (χ0v) is 9.49. The second-order valence-electron chi connectivity index (χ2n) is 4.17. The Bertz CT molecular complexity index is 377. The largest absolute Gasteiger partial charge is 0.408 e. The van der Waals surface area contributed by atoms with Crippen molar-refractivity contribution in [3.05, 3.63) is 5.89 Å². The Morgan fingerprint density at radius 3 is 3.00 bits per heavy atom. The second-order valence-corrected chi connectivity index (χ2v) is 4.17. The highest BCUT2D eigenvalue weighted by molar-refractivity contribution is 5.93. The third-order valence-electron chi connectivity index (χ3n) is 2.81. The molecule has 1 aromatic rings. The Morgan fingerprint density at radius 2 is 2.38 bits per heavy atom. The van der Waals surface area contributed by atoms with Gasteiger partial charge in [0, 0.05) is 6.92 Å². The maximum atomic E-state index is 11.9. The molecule has 1 fully saturated rings. The molecule has 0 aliphatic carbocycles. The van der Waals surface area contributed by atoms with Crippen LogP contribution < -0.4 is 10.6 Å². The molecule has 1 aromatic heterocycles. The maximum Gasteiger partial charge on any atom is 0.322 e. The molecule has 6 nitrogen and oxygen atoms in total. The van der Waals surface area contributed by atoms with Gasteiger partial charge in [-0.25, -0.2) is 0 Å². The van der Waals surface area contributed by atoms with Gasteiger partial charge in [-0.3, -0.25) is 10.1 Å². The van der Waals surface area contributed by atoms with Gasteiger partial charge in [-0.15, -0.1) is 5.10 Å². The molecule has 6 heteroatoms. The highest BCUT2D eigenvalue weighted by Gasteiger charge is 2.28. The number of hydrogen-bond donors (Lipinski definition) is 2. The van der Waals surface area contributed by atoms with Gasteiger partial charge in [-0.2, -0.15) is 0 Å². The van der Waals surface area contributed by atoms with Crippen molar-refractivity contribution in [2.75, 3.05) is 11.9 Å². The monoisotopic (exact) mass is 224 g/mol. The van der Waals surface area contributed by atoms with E-state index >= 15 is 0 Å². The van der Waals surface area contributed by atoms with Crippen LogP contribution in [0, 0.1) is 12.8 Å². The number of carbonyl (C=O) groups is 1. The Labute approximate surface area is 93.8 Å². The van der Waals surface area contributed by atoms with Crippen LogP contribution in [-0.2, 0) is 4.79 Å². The number of carbonyl (C=O) groups excluding carboxylic acids is 1. The summed E-state index contributed by atoms with van der Waals surface area (Å²) >= 11 is 0. The lowest BCUT2D eigenvalue weighted by Gasteiger charge is -2.28. The normalized spacial score (nSPS) is 25.4. The third kappa shape index (κ3) is 2.38. The minimum atomic E-state index is -0.166. The first kappa shape index (κ1) is 11.1. The summed E-state index contributed by atoms with van der Waals surface area (Å²) in [5.41, 5.74) is 0. The van der Waals surface area contributed by atoms with E-state index in [-0.39, 0.29) is 18.0 Å². The maximum absolute atomic E-state index is 11.9. The predicted octanol–water partition coefficient (Wildman–Crippen LogP) is 0.705. The Balaban J connectivity index is 1.96. The molecule has 2 heterocycles. The molecule has 16 heavy (non-hydrogen) atoms. The molecule has 88 valence electrons. The molecular weight excluding hydrogens is 208 g/mol. The van der Waals surface area contributed by atoms with Gasteiger partial charge in [0.2, 0.25) is 11.8 Å². The average molecular weight is 224 g/mol. The first-order valence-electron chi connectivity index (χ1n) is 5.51. The lowest BCUT2D eigenvalue weighted by molar-refractivity contribution is -0.119. The standard InChI is InChI=1S/C10H16N4O2/c1-6-4-3-5-11-8(6)9(15)12-10-14-13-7(2)16-10/h6,8,11H,3-5H2,1-2H3,(H,12,14,15). The van der Waals surface area contributed by atoms with Crippen LogP contribution in [0.15, 0.2) is 4.42 Å². The highest BCUT2D eigenvalue weighted by atomic mass is 16.4. The SMILES string of the molecule is Cc1nnc(NC(=O)C2NCCCC2C)o1. The van der Waals surface area contributed by atoms with E-state index in [9.17, 15) is 4.79 Å². The summed E-state index contributed by atoms with van der Waals surface area (Å²) in [5, 5.41) is 13.2. The number of rotatable bonds is 2. The van der Waals surface area contributed by atoms with E-state index in [1.807, 2.05) is 0 Å². The quantitative estimate of drug-likeness (QED) is 0.773. The van der Waals surface area contributed by atoms with Gasteiger partial charge >= 0.3 is 6.01 Å². The van der Waals surface area contributed by atoms with Crippen LogP contribution >= 0.6 is 0 Å². The van der Waals surface area contributed by atoms with Gasteiger partial charge in [0.1, 0.15) is 0 Å². The summed E-state index contributed by atoms with van der Waals surface area (Å²) in [4.78, 5) is 11.9. The second kappa shape index (κ2) is 4.61. The first-order chi connectivity index (χ1) is 7.66. The molecule has 0 bridgehead atoms. The highest BCUT2D eigenvalue weighted by Crippen LogP contribution is 2.17. The molecule has 1 aliphatic heterocycles. The number of hydrogen-bond acceptors (Lipinski definition) is 5. The predicted molar refractivity (Wildman–Crippen MR) is 57.9 cm³/mol. The third-order valence-corrected chi connectivity index (χ3v) is 2.81. The number of piperidine rings is 1. The van der Waals surface area contributed by atoms with E-state index in [2.05, 4.69) is 27.8 Å². The van der Waals surface area contributed by atoms with Crippen molar-refractivity contribution in [2.24, 2.45) is 5.92 Å². The smallest absolute Gasteiger partial charge is 0.322 e. The van der Waals surface area contributed by atoms with Gasteiger partial charge in [0.25, 0.3) is 0 Å². The lowest BCUT2D eigenvalue weighted by Crippen LogP contribution is -2.48. The zero-order chi connectivity index (χ0) is 11.5. The number of nitrogens with zero attached hydrogens (tertiary/aromatic N) is 2. The molecular formula is C10H16N4O2. The van der Waals surface area contributed by atoms with Crippen LogP contribution in [0.25, 0.3) is 0 Å². The number of anilines is 1. The van der Waals surface area contributed by atoms with Crippen molar-refractivity contribution in [1.29, 1.82) is 0 Å². The molecule has 2 rings (SSSR count). The number of aromatic nitrogens is 2. The summed E-state index contributed by atoms with van der Waals surface area (Å²) < 4.78 is 5.10. The molecule has 0 saturated carbocycles. The van der Waals surface area contributed by atoms with Crippen LogP contribution in [0.3, 0.4) is 0 Å². The average Bonchev–Trinajstić information content (AvgIpc) is 2.64. The van der Waals surface area contributed by atoms with Crippen LogP contribution in [0.4, 0.5) is 6.01 Å². The minimum Gasteiger partial charge on any atom is -0.408 e. The van der Waals surface area contributed by atoms with Crippen LogP contribution in [0.1, 0.15) is 25.7 Å². The molecule has 2 N–H and O–H groups in total. The summed E-state index contributed by atoms with van der Waals surface area (Å²) in [6, 6.07) is 0.00281. The summed E-state index contributed by atoms with van der Waals surface area (Å²) in [6.07, 6.45) is 2.18. The summed E-state index contributed by atoms with van der Waals surface area (Å²) in [5.74, 6) is 0.675. The van der Waals surface area contributed by atoms with Crippen molar-refractivity contribution in [2.45, 2.75) is 32.7 Å². The fourth-order valence-electron chi connectivity index (χ4n) is 1.93. The topological polar surface area (TPSA) is 80.0 Å². The fraction of sp³-hybridized carbons (Fsp3) is 0.700. The molecule has 0 aromatic carbocycles. The fourth-order valence-corrected chi connectivity index (χ4v) is 1.93. The summed E-state index contributed by atoms with van der Waals surface area (Å²) in [7, 11) is 0. The lowest BCUT2D eigenvalue weighted by atomic mass is 9.92. The van der Waals surface area contributed by atoms with Crippen LogP contribution in [0.2, 0.25) is 0 Å². The number of nitrogens with one attached hydrogen (secondary N) is 2. The van der Waals surface area contributed by atoms with E-state index < -0.39 is 0 Å². The zero-order valence-electron chi connectivity index (χ0n) is 9.49. The van der Waals surface area contributed by atoms with Crippen molar-refractivity contribution in [1.82, 2.24) is 15.5 Å². The van der Waals surface area contributed by atoms with Gasteiger partial charge in [-0.1, -0.05) is 12.0 Å².